The predicted octanol–water partition coefficient (Wildman–Crippen LogP) is 2.96. The molecule has 0 bridgehead atoms. The summed E-state index contributed by atoms with van der Waals surface area (Å²) in [5.74, 6) is 0. The highest BCUT2D eigenvalue weighted by Crippen LogP contribution is 2.39. The van der Waals surface area contributed by atoms with Gasteiger partial charge in [0.05, 0.1) is 0 Å². The van der Waals surface area contributed by atoms with E-state index in [0.29, 0.717) is 5.46 Å². The maximum atomic E-state index is 9.45. The number of rotatable bonds is 5. The van der Waals surface area contributed by atoms with Gasteiger partial charge in [0.25, 0.3) is 0 Å². The first-order valence-corrected chi connectivity index (χ1v) is 8.55. The Bertz CT molecular complexity index is 872. The van der Waals surface area contributed by atoms with Gasteiger partial charge in [-0.15, -0.1) is 0 Å². The molecule has 1 aromatic heterocycles. The Morgan fingerprint density at radius 1 is 0.692 bits per heavy atom. The van der Waals surface area contributed by atoms with E-state index in [1.807, 2.05) is 65.5 Å². The molecule has 1 heterocycles. The molecule has 1 N–H and O–H groups in total. The Labute approximate surface area is 153 Å². The van der Waals surface area contributed by atoms with E-state index in [-0.39, 0.29) is 0 Å². The summed E-state index contributed by atoms with van der Waals surface area (Å²) in [5, 5.41) is 14.1. The predicted molar refractivity (Wildman–Crippen MR) is 104 cm³/mol. The summed E-state index contributed by atoms with van der Waals surface area (Å²) < 4.78 is 1.93. The van der Waals surface area contributed by atoms with Crippen molar-refractivity contribution in [3.63, 3.8) is 0 Å². The molecule has 0 saturated heterocycles. The summed E-state index contributed by atoms with van der Waals surface area (Å²) in [7, 11) is 1.08. The van der Waals surface area contributed by atoms with E-state index in [2.05, 4.69) is 41.5 Å². The second-order valence-electron chi connectivity index (χ2n) is 6.16. The van der Waals surface area contributed by atoms with Gasteiger partial charge in [-0.25, -0.2) is 0 Å². The highest BCUT2D eigenvalue weighted by atomic mass is 16.2. The van der Waals surface area contributed by atoms with Gasteiger partial charge in [-0.2, -0.15) is 5.10 Å². The summed E-state index contributed by atoms with van der Waals surface area (Å²) in [6, 6.07) is 31.0. The van der Waals surface area contributed by atoms with Crippen LogP contribution in [0.15, 0.2) is 103 Å². The maximum Gasteiger partial charge on any atom is 0.330 e. The van der Waals surface area contributed by atoms with Gasteiger partial charge in [-0.3, -0.25) is 4.68 Å². The van der Waals surface area contributed by atoms with E-state index in [0.717, 1.165) is 24.2 Å². The zero-order valence-electron chi connectivity index (χ0n) is 14.2. The van der Waals surface area contributed by atoms with Crippen LogP contribution >= 0.6 is 0 Å². The summed E-state index contributed by atoms with van der Waals surface area (Å²) in [4.78, 5) is 0. The van der Waals surface area contributed by atoms with Crippen molar-refractivity contribution < 1.29 is 5.02 Å². The summed E-state index contributed by atoms with van der Waals surface area (Å²) in [5.41, 5.74) is 3.34. The highest BCUT2D eigenvalue weighted by Gasteiger charge is 2.39. The van der Waals surface area contributed by atoms with Crippen molar-refractivity contribution >= 4 is 12.9 Å². The minimum absolute atomic E-state index is 0.634. The fourth-order valence-electron chi connectivity index (χ4n) is 3.52. The number of aromatic nitrogens is 2. The van der Waals surface area contributed by atoms with Crippen LogP contribution in [0.1, 0.15) is 16.7 Å². The Morgan fingerprint density at radius 2 is 1.12 bits per heavy atom. The third kappa shape index (κ3) is 2.65. The molecule has 4 aromatic rings. The Balaban J connectivity index is 2.10. The lowest BCUT2D eigenvalue weighted by Crippen LogP contribution is -2.38. The molecule has 0 aliphatic heterocycles. The van der Waals surface area contributed by atoms with Crippen molar-refractivity contribution in [1.29, 1.82) is 0 Å². The van der Waals surface area contributed by atoms with Crippen LogP contribution in [0.5, 0.6) is 0 Å². The van der Waals surface area contributed by atoms with Crippen LogP contribution in [-0.2, 0) is 5.54 Å². The molecule has 3 nitrogen and oxygen atoms in total. The summed E-state index contributed by atoms with van der Waals surface area (Å²) >= 11 is 0. The number of hydrogen-bond acceptors (Lipinski definition) is 2. The minimum atomic E-state index is -0.634. The summed E-state index contributed by atoms with van der Waals surface area (Å²) in [6.07, 6.45) is 3.54. The molecular weight excluding hydrogens is 319 g/mol. The topological polar surface area (TPSA) is 38.1 Å². The van der Waals surface area contributed by atoms with E-state index in [1.54, 1.807) is 6.20 Å². The van der Waals surface area contributed by atoms with E-state index in [4.69, 9.17) is 0 Å². The summed E-state index contributed by atoms with van der Waals surface area (Å²) in [6.45, 7) is 0. The van der Waals surface area contributed by atoms with Gasteiger partial charge >= 0.3 is 7.48 Å². The molecule has 0 atom stereocenters. The smallest absolute Gasteiger partial charge is 0.330 e. The number of benzene rings is 3. The molecule has 0 saturated carbocycles. The quantitative estimate of drug-likeness (QED) is 0.449. The molecule has 0 fully saturated rings. The van der Waals surface area contributed by atoms with Gasteiger partial charge in [0.2, 0.25) is 0 Å². The van der Waals surface area contributed by atoms with Crippen molar-refractivity contribution in [2.75, 3.05) is 0 Å². The normalized spacial score (nSPS) is 11.3. The molecule has 3 aromatic carbocycles. The van der Waals surface area contributed by atoms with Crippen LogP contribution in [0, 0.1) is 0 Å². The first-order valence-electron chi connectivity index (χ1n) is 8.55. The Hall–Kier alpha value is -3.11. The van der Waals surface area contributed by atoms with Crippen LogP contribution in [0.4, 0.5) is 0 Å². The molecule has 0 aliphatic carbocycles. The van der Waals surface area contributed by atoms with E-state index >= 15 is 0 Å². The van der Waals surface area contributed by atoms with E-state index in [9.17, 15) is 5.02 Å². The second-order valence-corrected chi connectivity index (χ2v) is 6.16. The zero-order valence-corrected chi connectivity index (χ0v) is 14.2. The van der Waals surface area contributed by atoms with Crippen molar-refractivity contribution in [2.45, 2.75) is 5.54 Å². The molecule has 0 unspecified atom stereocenters. The lowest BCUT2D eigenvalue weighted by Gasteiger charge is -2.36. The monoisotopic (exact) mass is 337 g/mol. The van der Waals surface area contributed by atoms with Crippen molar-refractivity contribution in [2.24, 2.45) is 0 Å². The molecule has 0 spiro atoms. The van der Waals surface area contributed by atoms with Gasteiger partial charge in [-0.05, 0) is 22.2 Å². The van der Waals surface area contributed by atoms with Crippen molar-refractivity contribution in [1.82, 2.24) is 9.78 Å². The van der Waals surface area contributed by atoms with Gasteiger partial charge in [-0.1, -0.05) is 91.0 Å². The maximum absolute atomic E-state index is 9.45. The second kappa shape index (κ2) is 7.02. The van der Waals surface area contributed by atoms with Crippen LogP contribution in [0.3, 0.4) is 0 Å². The van der Waals surface area contributed by atoms with Crippen molar-refractivity contribution in [3.05, 3.63) is 120 Å². The Morgan fingerprint density at radius 3 is 1.46 bits per heavy atom. The minimum Gasteiger partial charge on any atom is -0.450 e. The van der Waals surface area contributed by atoms with Gasteiger partial charge in [0.15, 0.2) is 0 Å². The van der Waals surface area contributed by atoms with Crippen LogP contribution in [0.25, 0.3) is 0 Å². The fraction of sp³-hybridized carbons (Fsp3) is 0.0455. The number of hydrogen-bond donors (Lipinski definition) is 1. The lowest BCUT2D eigenvalue weighted by atomic mass is 9.77. The molecular formula is C22H18BN2O. The lowest BCUT2D eigenvalue weighted by molar-refractivity contribution is 0.460. The van der Waals surface area contributed by atoms with Crippen LogP contribution in [0.2, 0.25) is 0 Å². The van der Waals surface area contributed by atoms with E-state index in [1.165, 1.54) is 0 Å². The molecule has 4 rings (SSSR count). The molecule has 0 aliphatic rings. The van der Waals surface area contributed by atoms with Gasteiger partial charge in [0, 0.05) is 12.4 Å². The van der Waals surface area contributed by atoms with Crippen molar-refractivity contribution in [3.8, 4) is 0 Å². The average molecular weight is 337 g/mol. The third-order valence-electron chi connectivity index (χ3n) is 4.67. The Kier molecular flexibility index (Phi) is 4.42. The molecule has 26 heavy (non-hydrogen) atoms. The average Bonchev–Trinajstić information content (AvgIpc) is 3.21. The largest absolute Gasteiger partial charge is 0.450 e. The molecule has 0 amide bonds. The molecule has 125 valence electrons. The van der Waals surface area contributed by atoms with Crippen LogP contribution < -0.4 is 5.46 Å². The fourth-order valence-corrected chi connectivity index (χ4v) is 3.52. The van der Waals surface area contributed by atoms with Gasteiger partial charge < -0.3 is 5.02 Å². The van der Waals surface area contributed by atoms with E-state index < -0.39 is 5.54 Å². The van der Waals surface area contributed by atoms with Gasteiger partial charge in [0.1, 0.15) is 5.54 Å². The highest BCUT2D eigenvalue weighted by molar-refractivity contribution is 6.45. The zero-order chi connectivity index (χ0) is 17.8. The first kappa shape index (κ1) is 16.4. The molecule has 1 radical (unpaired) electrons. The van der Waals surface area contributed by atoms with Crippen LogP contribution in [-0.4, -0.2) is 22.3 Å². The number of nitrogens with zero attached hydrogens (tertiary/aromatic N) is 2. The third-order valence-corrected chi connectivity index (χ3v) is 4.67. The molecule has 4 heteroatoms. The SMILES string of the molecule is O[B]c1cnn(C(c2ccccc2)(c2ccccc2)c2ccccc2)c1. The first-order chi connectivity index (χ1) is 12.9. The standard InChI is InChI=1S/C22H18BN2O/c26-23-21-16-24-25(17-21)22(18-10-4-1-5-11-18,19-12-6-2-7-13-19)20-14-8-3-9-15-20/h1-17,26H.